The van der Waals surface area contributed by atoms with E-state index in [2.05, 4.69) is 15.4 Å². The molecule has 1 saturated carbocycles. The molecule has 0 saturated heterocycles. The van der Waals surface area contributed by atoms with Crippen LogP contribution in [0, 0.1) is 11.7 Å². The maximum absolute atomic E-state index is 13.9. The fourth-order valence-corrected chi connectivity index (χ4v) is 3.38. The standard InChI is InChI=1S/C17H16FN5OS/c18-13-4-2-1-3-12(13)17-22-14(15(19)25-17)16(24)21-11-7-20-23(9-11)8-10-5-6-10/h1-4,7,9-10H,5-6,8,19H2,(H,21,24). The summed E-state index contributed by atoms with van der Waals surface area (Å²) in [6.45, 7) is 0.867. The van der Waals surface area contributed by atoms with Gasteiger partial charge in [0, 0.05) is 18.3 Å². The largest absolute Gasteiger partial charge is 0.389 e. The molecule has 3 N–H and O–H groups in total. The van der Waals surface area contributed by atoms with Crippen LogP contribution in [-0.2, 0) is 6.54 Å². The molecule has 1 aliphatic rings. The molecule has 25 heavy (non-hydrogen) atoms. The van der Waals surface area contributed by atoms with E-state index < -0.39 is 11.7 Å². The van der Waals surface area contributed by atoms with Crippen molar-refractivity contribution in [2.75, 3.05) is 11.1 Å². The van der Waals surface area contributed by atoms with Crippen LogP contribution in [0.1, 0.15) is 23.3 Å². The Hall–Kier alpha value is -2.74. The van der Waals surface area contributed by atoms with Crippen molar-refractivity contribution in [2.45, 2.75) is 19.4 Å². The lowest BCUT2D eigenvalue weighted by Crippen LogP contribution is -2.13. The van der Waals surface area contributed by atoms with Crippen molar-refractivity contribution in [1.82, 2.24) is 14.8 Å². The predicted molar refractivity (Wildman–Crippen MR) is 94.8 cm³/mol. The summed E-state index contributed by atoms with van der Waals surface area (Å²) >= 11 is 1.09. The summed E-state index contributed by atoms with van der Waals surface area (Å²) < 4.78 is 15.7. The number of carbonyl (C=O) groups excluding carboxylic acids is 1. The van der Waals surface area contributed by atoms with Gasteiger partial charge in [-0.05, 0) is 30.9 Å². The van der Waals surface area contributed by atoms with E-state index in [0.29, 0.717) is 22.2 Å². The van der Waals surface area contributed by atoms with Crippen LogP contribution in [0.15, 0.2) is 36.7 Å². The number of halogens is 1. The van der Waals surface area contributed by atoms with Crippen molar-refractivity contribution in [3.05, 3.63) is 48.2 Å². The van der Waals surface area contributed by atoms with Crippen LogP contribution >= 0.6 is 11.3 Å². The zero-order valence-corrected chi connectivity index (χ0v) is 14.1. The first-order chi connectivity index (χ1) is 12.1. The van der Waals surface area contributed by atoms with Crippen molar-refractivity contribution in [2.24, 2.45) is 5.92 Å². The zero-order chi connectivity index (χ0) is 17.4. The number of nitrogen functional groups attached to an aromatic ring is 1. The molecule has 128 valence electrons. The highest BCUT2D eigenvalue weighted by Crippen LogP contribution is 2.32. The van der Waals surface area contributed by atoms with Crippen molar-refractivity contribution in [1.29, 1.82) is 0 Å². The van der Waals surface area contributed by atoms with E-state index in [-0.39, 0.29) is 10.7 Å². The summed E-state index contributed by atoms with van der Waals surface area (Å²) in [6.07, 6.45) is 5.85. The van der Waals surface area contributed by atoms with Gasteiger partial charge < -0.3 is 11.1 Å². The van der Waals surface area contributed by atoms with Crippen LogP contribution in [0.3, 0.4) is 0 Å². The Morgan fingerprint density at radius 1 is 1.40 bits per heavy atom. The number of nitrogens with two attached hydrogens (primary N) is 1. The minimum absolute atomic E-state index is 0.0956. The molecule has 6 nitrogen and oxygen atoms in total. The summed E-state index contributed by atoms with van der Waals surface area (Å²) in [7, 11) is 0. The first-order valence-electron chi connectivity index (χ1n) is 7.95. The van der Waals surface area contributed by atoms with Gasteiger partial charge in [-0.25, -0.2) is 9.37 Å². The van der Waals surface area contributed by atoms with Crippen LogP contribution in [-0.4, -0.2) is 20.7 Å². The predicted octanol–water partition coefficient (Wildman–Crippen LogP) is 3.39. The first kappa shape index (κ1) is 15.8. The lowest BCUT2D eigenvalue weighted by Gasteiger charge is -2.00. The Balaban J connectivity index is 1.52. The molecule has 8 heteroatoms. The van der Waals surface area contributed by atoms with E-state index in [4.69, 9.17) is 5.73 Å². The molecular weight excluding hydrogens is 341 g/mol. The number of rotatable bonds is 5. The number of aromatic nitrogens is 3. The Morgan fingerprint density at radius 2 is 2.20 bits per heavy atom. The molecule has 4 rings (SSSR count). The lowest BCUT2D eigenvalue weighted by atomic mass is 10.2. The molecule has 0 aliphatic heterocycles. The molecule has 1 amide bonds. The number of nitrogens with zero attached hydrogens (tertiary/aromatic N) is 3. The highest BCUT2D eigenvalue weighted by molar-refractivity contribution is 7.19. The van der Waals surface area contributed by atoms with Gasteiger partial charge in [0.1, 0.15) is 15.8 Å². The van der Waals surface area contributed by atoms with E-state index in [1.54, 1.807) is 30.6 Å². The smallest absolute Gasteiger partial charge is 0.277 e. The second-order valence-electron chi connectivity index (χ2n) is 6.06. The monoisotopic (exact) mass is 357 g/mol. The molecule has 0 atom stereocenters. The number of hydrogen-bond acceptors (Lipinski definition) is 5. The summed E-state index contributed by atoms with van der Waals surface area (Å²) in [5.74, 6) is -0.132. The van der Waals surface area contributed by atoms with Gasteiger partial charge in [0.05, 0.1) is 11.9 Å². The minimum atomic E-state index is -0.428. The van der Waals surface area contributed by atoms with Gasteiger partial charge >= 0.3 is 0 Å². The fraction of sp³-hybridized carbons (Fsp3) is 0.235. The normalized spacial score (nSPS) is 13.8. The SMILES string of the molecule is Nc1sc(-c2ccccc2F)nc1C(=O)Nc1cnn(CC2CC2)c1. The number of benzene rings is 1. The average molecular weight is 357 g/mol. The molecule has 1 aromatic carbocycles. The number of thiazole rings is 1. The number of hydrogen-bond donors (Lipinski definition) is 2. The maximum atomic E-state index is 13.9. The first-order valence-corrected chi connectivity index (χ1v) is 8.77. The van der Waals surface area contributed by atoms with Gasteiger partial charge in [-0.15, -0.1) is 0 Å². The third-order valence-electron chi connectivity index (χ3n) is 4.01. The van der Waals surface area contributed by atoms with E-state index in [9.17, 15) is 9.18 Å². The Labute approximate surface area is 147 Å². The quantitative estimate of drug-likeness (QED) is 0.733. The number of carbonyl (C=O) groups is 1. The van der Waals surface area contributed by atoms with E-state index in [0.717, 1.165) is 17.9 Å². The van der Waals surface area contributed by atoms with Crippen LogP contribution in [0.4, 0.5) is 15.1 Å². The van der Waals surface area contributed by atoms with Crippen molar-refractivity contribution >= 4 is 27.9 Å². The van der Waals surface area contributed by atoms with Crippen molar-refractivity contribution in [3.63, 3.8) is 0 Å². The number of anilines is 2. The topological polar surface area (TPSA) is 85.8 Å². The second kappa shape index (κ2) is 6.29. The zero-order valence-electron chi connectivity index (χ0n) is 13.3. The molecule has 1 fully saturated rings. The molecule has 3 aromatic rings. The third-order valence-corrected chi connectivity index (χ3v) is 4.92. The second-order valence-corrected chi connectivity index (χ2v) is 7.09. The number of amides is 1. The summed E-state index contributed by atoms with van der Waals surface area (Å²) in [5, 5.41) is 7.60. The molecule has 2 aromatic heterocycles. The fourth-order valence-electron chi connectivity index (χ4n) is 2.53. The molecule has 0 radical (unpaired) electrons. The summed E-state index contributed by atoms with van der Waals surface area (Å²) in [4.78, 5) is 16.6. The molecular formula is C17H16FN5OS. The van der Waals surface area contributed by atoms with E-state index in [1.807, 2.05) is 4.68 Å². The Bertz CT molecular complexity index is 931. The van der Waals surface area contributed by atoms with Gasteiger partial charge in [0.2, 0.25) is 0 Å². The highest BCUT2D eigenvalue weighted by Gasteiger charge is 2.23. The molecule has 0 bridgehead atoms. The van der Waals surface area contributed by atoms with Crippen molar-refractivity contribution < 1.29 is 9.18 Å². The van der Waals surface area contributed by atoms with Gasteiger partial charge in [0.25, 0.3) is 5.91 Å². The minimum Gasteiger partial charge on any atom is -0.389 e. The molecule has 2 heterocycles. The highest BCUT2D eigenvalue weighted by atomic mass is 32.1. The van der Waals surface area contributed by atoms with E-state index >= 15 is 0 Å². The van der Waals surface area contributed by atoms with Gasteiger partial charge in [-0.2, -0.15) is 5.10 Å². The van der Waals surface area contributed by atoms with Gasteiger partial charge in [-0.3, -0.25) is 9.48 Å². The van der Waals surface area contributed by atoms with E-state index in [1.165, 1.54) is 18.9 Å². The Morgan fingerprint density at radius 3 is 2.96 bits per heavy atom. The molecule has 1 aliphatic carbocycles. The molecule has 0 unspecified atom stereocenters. The third kappa shape index (κ3) is 3.39. The Kier molecular flexibility index (Phi) is 3.96. The molecule has 0 spiro atoms. The van der Waals surface area contributed by atoms with Crippen LogP contribution in [0.2, 0.25) is 0 Å². The average Bonchev–Trinajstić information content (AvgIpc) is 3.15. The van der Waals surface area contributed by atoms with Gasteiger partial charge in [-0.1, -0.05) is 23.5 Å². The van der Waals surface area contributed by atoms with Crippen LogP contribution in [0.25, 0.3) is 10.6 Å². The van der Waals surface area contributed by atoms with Crippen LogP contribution in [0.5, 0.6) is 0 Å². The summed E-state index contributed by atoms with van der Waals surface area (Å²) in [6, 6.07) is 6.27. The number of nitrogens with one attached hydrogen (secondary N) is 1. The summed E-state index contributed by atoms with van der Waals surface area (Å²) in [5.41, 5.74) is 6.93. The van der Waals surface area contributed by atoms with Gasteiger partial charge in [0.15, 0.2) is 5.69 Å². The maximum Gasteiger partial charge on any atom is 0.277 e. The lowest BCUT2D eigenvalue weighted by molar-refractivity contribution is 0.102. The van der Waals surface area contributed by atoms with Crippen molar-refractivity contribution in [3.8, 4) is 10.6 Å². The van der Waals surface area contributed by atoms with Crippen LogP contribution < -0.4 is 11.1 Å².